The van der Waals surface area contributed by atoms with E-state index in [1.807, 2.05) is 13.8 Å². The Kier molecular flexibility index (Phi) is 9.06. The summed E-state index contributed by atoms with van der Waals surface area (Å²) in [5, 5.41) is 0. The van der Waals surface area contributed by atoms with Crippen LogP contribution in [-0.4, -0.2) is 44.5 Å². The summed E-state index contributed by atoms with van der Waals surface area (Å²) in [7, 11) is 2.12. The number of nitrogens with zero attached hydrogens (tertiary/aromatic N) is 1. The molecule has 0 saturated carbocycles. The fourth-order valence-electron chi connectivity index (χ4n) is 1.35. The molecule has 15 heavy (non-hydrogen) atoms. The molecule has 0 N–H and O–H groups in total. The van der Waals surface area contributed by atoms with E-state index in [-0.39, 0.29) is 6.29 Å². The Morgan fingerprint density at radius 1 is 1.07 bits per heavy atom. The van der Waals surface area contributed by atoms with Crippen LogP contribution in [0.5, 0.6) is 0 Å². The molecule has 0 spiro atoms. The second-order valence-corrected chi connectivity index (χ2v) is 4.29. The van der Waals surface area contributed by atoms with E-state index in [9.17, 15) is 0 Å². The van der Waals surface area contributed by atoms with Gasteiger partial charge in [-0.3, -0.25) is 0 Å². The van der Waals surface area contributed by atoms with Gasteiger partial charge in [0.2, 0.25) is 0 Å². The van der Waals surface area contributed by atoms with E-state index in [2.05, 4.69) is 25.8 Å². The van der Waals surface area contributed by atoms with E-state index in [0.717, 1.165) is 19.0 Å². The number of ether oxygens (including phenoxy) is 2. The van der Waals surface area contributed by atoms with Crippen LogP contribution in [0.1, 0.15) is 34.1 Å². The quantitative estimate of drug-likeness (QED) is 0.553. The Morgan fingerprint density at radius 2 is 1.60 bits per heavy atom. The maximum absolute atomic E-state index is 5.50. The molecule has 0 aromatic heterocycles. The third-order valence-corrected chi connectivity index (χ3v) is 2.25. The van der Waals surface area contributed by atoms with E-state index in [1.165, 1.54) is 6.42 Å². The standard InChI is InChI=1S/C12H27NO2/c1-6-14-12(15-7-2)10-13(5)9-8-11(3)4/h11-12H,6-10H2,1-5H3. The summed E-state index contributed by atoms with van der Waals surface area (Å²) in [4.78, 5) is 2.27. The first-order chi connectivity index (χ1) is 7.10. The molecular formula is C12H27NO2. The molecule has 0 aliphatic carbocycles. The fourth-order valence-corrected chi connectivity index (χ4v) is 1.35. The van der Waals surface area contributed by atoms with Gasteiger partial charge in [0.1, 0.15) is 0 Å². The van der Waals surface area contributed by atoms with Crippen LogP contribution in [0.4, 0.5) is 0 Å². The van der Waals surface area contributed by atoms with Gasteiger partial charge in [-0.05, 0) is 39.8 Å². The van der Waals surface area contributed by atoms with Gasteiger partial charge in [-0.2, -0.15) is 0 Å². The van der Waals surface area contributed by atoms with Gasteiger partial charge in [0, 0.05) is 19.8 Å². The third kappa shape index (κ3) is 8.85. The zero-order valence-electron chi connectivity index (χ0n) is 11.0. The van der Waals surface area contributed by atoms with Crippen LogP contribution in [0.2, 0.25) is 0 Å². The first-order valence-electron chi connectivity index (χ1n) is 6.01. The van der Waals surface area contributed by atoms with Gasteiger partial charge >= 0.3 is 0 Å². The molecule has 0 aromatic carbocycles. The maximum Gasteiger partial charge on any atom is 0.170 e. The van der Waals surface area contributed by atoms with Crippen molar-refractivity contribution in [2.24, 2.45) is 5.92 Å². The van der Waals surface area contributed by atoms with Crippen LogP contribution >= 0.6 is 0 Å². The van der Waals surface area contributed by atoms with Crippen LogP contribution in [-0.2, 0) is 9.47 Å². The van der Waals surface area contributed by atoms with Crippen LogP contribution in [0.3, 0.4) is 0 Å². The molecule has 0 amide bonds. The summed E-state index contributed by atoms with van der Waals surface area (Å²) >= 11 is 0. The van der Waals surface area contributed by atoms with Crippen molar-refractivity contribution in [1.29, 1.82) is 0 Å². The minimum absolute atomic E-state index is 0.0721. The fraction of sp³-hybridized carbons (Fsp3) is 1.00. The number of hydrogen-bond acceptors (Lipinski definition) is 3. The third-order valence-electron chi connectivity index (χ3n) is 2.25. The maximum atomic E-state index is 5.50. The Hall–Kier alpha value is -0.120. The largest absolute Gasteiger partial charge is 0.352 e. The minimum atomic E-state index is -0.0721. The van der Waals surface area contributed by atoms with Gasteiger partial charge in [0.05, 0.1) is 0 Å². The SMILES string of the molecule is CCOC(CN(C)CCC(C)C)OCC. The van der Waals surface area contributed by atoms with Gasteiger partial charge in [-0.15, -0.1) is 0 Å². The molecule has 0 saturated heterocycles. The van der Waals surface area contributed by atoms with Crippen molar-refractivity contribution in [2.45, 2.75) is 40.4 Å². The van der Waals surface area contributed by atoms with Gasteiger partial charge in [-0.25, -0.2) is 0 Å². The highest BCUT2D eigenvalue weighted by atomic mass is 16.7. The molecule has 0 aliphatic heterocycles. The van der Waals surface area contributed by atoms with Crippen molar-refractivity contribution in [3.8, 4) is 0 Å². The molecule has 0 unspecified atom stereocenters. The molecule has 3 nitrogen and oxygen atoms in total. The highest BCUT2D eigenvalue weighted by Crippen LogP contribution is 2.03. The van der Waals surface area contributed by atoms with Crippen LogP contribution in [0, 0.1) is 5.92 Å². The molecule has 0 rings (SSSR count). The van der Waals surface area contributed by atoms with Crippen molar-refractivity contribution >= 4 is 0 Å². The van der Waals surface area contributed by atoms with Crippen molar-refractivity contribution in [2.75, 3.05) is 33.4 Å². The minimum Gasteiger partial charge on any atom is -0.352 e. The molecule has 0 aromatic rings. The lowest BCUT2D eigenvalue weighted by molar-refractivity contribution is -0.145. The normalized spacial score (nSPS) is 12.0. The van der Waals surface area contributed by atoms with Crippen molar-refractivity contribution < 1.29 is 9.47 Å². The topological polar surface area (TPSA) is 21.7 Å². The molecule has 0 aliphatic rings. The van der Waals surface area contributed by atoms with E-state index in [4.69, 9.17) is 9.47 Å². The average molecular weight is 217 g/mol. The first kappa shape index (κ1) is 14.9. The molecule has 0 heterocycles. The number of likely N-dealkylation sites (N-methyl/N-ethyl adjacent to an activating group) is 1. The Labute approximate surface area is 94.7 Å². The van der Waals surface area contributed by atoms with Gasteiger partial charge in [0.15, 0.2) is 6.29 Å². The van der Waals surface area contributed by atoms with Crippen molar-refractivity contribution in [3.63, 3.8) is 0 Å². The van der Waals surface area contributed by atoms with Crippen LogP contribution < -0.4 is 0 Å². The lowest BCUT2D eigenvalue weighted by Gasteiger charge is -2.24. The molecule has 0 fully saturated rings. The molecule has 3 heteroatoms. The van der Waals surface area contributed by atoms with Gasteiger partial charge < -0.3 is 14.4 Å². The highest BCUT2D eigenvalue weighted by molar-refractivity contribution is 4.57. The van der Waals surface area contributed by atoms with E-state index in [0.29, 0.717) is 13.2 Å². The van der Waals surface area contributed by atoms with E-state index >= 15 is 0 Å². The van der Waals surface area contributed by atoms with E-state index < -0.39 is 0 Å². The summed E-state index contributed by atoms with van der Waals surface area (Å²) < 4.78 is 11.0. The lowest BCUT2D eigenvalue weighted by atomic mass is 10.1. The first-order valence-corrected chi connectivity index (χ1v) is 6.01. The predicted octanol–water partition coefficient (Wildman–Crippen LogP) is 2.36. The second kappa shape index (κ2) is 9.13. The summed E-state index contributed by atoms with van der Waals surface area (Å²) in [5.41, 5.74) is 0. The van der Waals surface area contributed by atoms with E-state index in [1.54, 1.807) is 0 Å². The Morgan fingerprint density at radius 3 is 2.00 bits per heavy atom. The van der Waals surface area contributed by atoms with Crippen LogP contribution in [0.25, 0.3) is 0 Å². The zero-order chi connectivity index (χ0) is 11.7. The van der Waals surface area contributed by atoms with Crippen molar-refractivity contribution in [1.82, 2.24) is 4.90 Å². The summed E-state index contributed by atoms with van der Waals surface area (Å²) in [6, 6.07) is 0. The summed E-state index contributed by atoms with van der Waals surface area (Å²) in [6.07, 6.45) is 1.15. The molecular weight excluding hydrogens is 190 g/mol. The molecule has 0 bridgehead atoms. The number of rotatable bonds is 9. The Bertz CT molecular complexity index is 134. The summed E-state index contributed by atoms with van der Waals surface area (Å²) in [5.74, 6) is 0.755. The predicted molar refractivity (Wildman–Crippen MR) is 64.0 cm³/mol. The van der Waals surface area contributed by atoms with Crippen molar-refractivity contribution in [3.05, 3.63) is 0 Å². The lowest BCUT2D eigenvalue weighted by Crippen LogP contribution is -2.34. The smallest absolute Gasteiger partial charge is 0.170 e. The monoisotopic (exact) mass is 217 g/mol. The number of hydrogen-bond donors (Lipinski definition) is 0. The molecule has 92 valence electrons. The molecule has 0 radical (unpaired) electrons. The van der Waals surface area contributed by atoms with Gasteiger partial charge in [0.25, 0.3) is 0 Å². The van der Waals surface area contributed by atoms with Gasteiger partial charge in [-0.1, -0.05) is 13.8 Å². The average Bonchev–Trinajstić information content (AvgIpc) is 2.15. The van der Waals surface area contributed by atoms with Crippen LogP contribution in [0.15, 0.2) is 0 Å². The second-order valence-electron chi connectivity index (χ2n) is 4.29. The zero-order valence-corrected chi connectivity index (χ0v) is 11.0. The molecule has 0 atom stereocenters. The Balaban J connectivity index is 3.72. The highest BCUT2D eigenvalue weighted by Gasteiger charge is 2.11. The summed E-state index contributed by atoms with van der Waals surface area (Å²) in [6.45, 7) is 11.9.